The molecule has 0 heterocycles. The summed E-state index contributed by atoms with van der Waals surface area (Å²) in [5.41, 5.74) is 0.878. The van der Waals surface area contributed by atoms with Crippen LogP contribution in [-0.2, 0) is 14.8 Å². The lowest BCUT2D eigenvalue weighted by atomic mass is 10.1. The topological polar surface area (TPSA) is 86.5 Å². The van der Waals surface area contributed by atoms with Crippen LogP contribution in [0.15, 0.2) is 23.1 Å². The van der Waals surface area contributed by atoms with Gasteiger partial charge in [0.05, 0.1) is 17.1 Å². The molecule has 0 radical (unpaired) electrons. The number of primary sulfonamides is 1. The molecule has 5 nitrogen and oxygen atoms in total. The molecule has 1 rings (SSSR count). The Morgan fingerprint density at radius 3 is 2.59 bits per heavy atom. The van der Waals surface area contributed by atoms with Crippen LogP contribution in [0.4, 0.5) is 0 Å². The summed E-state index contributed by atoms with van der Waals surface area (Å²) in [7, 11) is -3.80. The van der Waals surface area contributed by atoms with Crippen molar-refractivity contribution in [3.8, 4) is 0 Å². The Hall–Kier alpha value is -1.40. The van der Waals surface area contributed by atoms with Crippen molar-refractivity contribution in [1.82, 2.24) is 0 Å². The molecule has 1 aromatic rings. The van der Waals surface area contributed by atoms with E-state index in [1.54, 1.807) is 6.92 Å². The van der Waals surface area contributed by atoms with E-state index in [1.807, 2.05) is 6.92 Å². The van der Waals surface area contributed by atoms with Crippen LogP contribution >= 0.6 is 0 Å². The number of benzene rings is 1. The SMILES string of the molecule is CCCOC(=O)c1cc(S(N)(=O)=O)ccc1C. The first-order valence-electron chi connectivity index (χ1n) is 5.17. The molecule has 0 bridgehead atoms. The summed E-state index contributed by atoms with van der Waals surface area (Å²) in [6.07, 6.45) is 0.708. The Morgan fingerprint density at radius 1 is 1.41 bits per heavy atom. The third kappa shape index (κ3) is 3.54. The van der Waals surface area contributed by atoms with Crippen molar-refractivity contribution in [1.29, 1.82) is 0 Å². The van der Waals surface area contributed by atoms with Crippen LogP contribution < -0.4 is 5.14 Å². The Labute approximate surface area is 101 Å². The molecule has 0 saturated carbocycles. The summed E-state index contributed by atoms with van der Waals surface area (Å²) in [6.45, 7) is 3.88. The lowest BCUT2D eigenvalue weighted by Crippen LogP contribution is -2.14. The van der Waals surface area contributed by atoms with E-state index in [2.05, 4.69) is 0 Å². The largest absolute Gasteiger partial charge is 0.462 e. The molecule has 17 heavy (non-hydrogen) atoms. The van der Waals surface area contributed by atoms with Gasteiger partial charge in [-0.3, -0.25) is 0 Å². The van der Waals surface area contributed by atoms with Gasteiger partial charge in [0, 0.05) is 0 Å². The number of carbonyl (C=O) groups excluding carboxylic acids is 1. The highest BCUT2D eigenvalue weighted by Gasteiger charge is 2.15. The van der Waals surface area contributed by atoms with Crippen LogP contribution in [0.25, 0.3) is 0 Å². The third-order valence-electron chi connectivity index (χ3n) is 2.19. The molecule has 2 N–H and O–H groups in total. The number of aryl methyl sites for hydroxylation is 1. The zero-order valence-electron chi connectivity index (χ0n) is 9.76. The molecular formula is C11H15NO4S. The minimum Gasteiger partial charge on any atom is -0.462 e. The van der Waals surface area contributed by atoms with Crippen molar-refractivity contribution in [2.24, 2.45) is 5.14 Å². The van der Waals surface area contributed by atoms with Gasteiger partial charge in [-0.2, -0.15) is 0 Å². The van der Waals surface area contributed by atoms with Crippen LogP contribution in [-0.4, -0.2) is 21.0 Å². The fourth-order valence-corrected chi connectivity index (χ4v) is 1.81. The molecule has 1 aromatic carbocycles. The van der Waals surface area contributed by atoms with Crippen molar-refractivity contribution in [3.05, 3.63) is 29.3 Å². The second kappa shape index (κ2) is 5.29. The molecule has 0 aliphatic carbocycles. The molecule has 0 aliphatic heterocycles. The fourth-order valence-electron chi connectivity index (χ4n) is 1.27. The first kappa shape index (κ1) is 13.7. The van der Waals surface area contributed by atoms with Gasteiger partial charge in [-0.05, 0) is 31.0 Å². The van der Waals surface area contributed by atoms with Gasteiger partial charge in [0.1, 0.15) is 0 Å². The van der Waals surface area contributed by atoms with E-state index < -0.39 is 16.0 Å². The van der Waals surface area contributed by atoms with Crippen molar-refractivity contribution < 1.29 is 17.9 Å². The number of sulfonamides is 1. The van der Waals surface area contributed by atoms with Crippen LogP contribution in [0.2, 0.25) is 0 Å². The van der Waals surface area contributed by atoms with E-state index in [1.165, 1.54) is 18.2 Å². The van der Waals surface area contributed by atoms with E-state index >= 15 is 0 Å². The normalized spacial score (nSPS) is 11.2. The highest BCUT2D eigenvalue weighted by atomic mass is 32.2. The van der Waals surface area contributed by atoms with Crippen molar-refractivity contribution in [2.75, 3.05) is 6.61 Å². The highest BCUT2D eigenvalue weighted by molar-refractivity contribution is 7.89. The van der Waals surface area contributed by atoms with Gasteiger partial charge in [0.15, 0.2) is 0 Å². The molecule has 0 spiro atoms. The molecule has 0 amide bonds. The second-order valence-corrected chi connectivity index (χ2v) is 5.22. The van der Waals surface area contributed by atoms with E-state index in [9.17, 15) is 13.2 Å². The summed E-state index contributed by atoms with van der Waals surface area (Å²) >= 11 is 0. The monoisotopic (exact) mass is 257 g/mol. The zero-order chi connectivity index (χ0) is 13.1. The third-order valence-corrected chi connectivity index (χ3v) is 3.11. The maximum atomic E-state index is 11.6. The number of hydrogen-bond acceptors (Lipinski definition) is 4. The zero-order valence-corrected chi connectivity index (χ0v) is 10.6. The number of rotatable bonds is 4. The number of nitrogens with two attached hydrogens (primary N) is 1. The first-order chi connectivity index (χ1) is 7.86. The summed E-state index contributed by atoms with van der Waals surface area (Å²) in [4.78, 5) is 11.6. The second-order valence-electron chi connectivity index (χ2n) is 3.66. The predicted molar refractivity (Wildman–Crippen MR) is 63.1 cm³/mol. The van der Waals surface area contributed by atoms with Crippen molar-refractivity contribution >= 4 is 16.0 Å². The van der Waals surface area contributed by atoms with Gasteiger partial charge in [0.25, 0.3) is 0 Å². The van der Waals surface area contributed by atoms with Crippen LogP contribution in [0.1, 0.15) is 29.3 Å². The van der Waals surface area contributed by atoms with Crippen LogP contribution in [0, 0.1) is 6.92 Å². The summed E-state index contributed by atoms with van der Waals surface area (Å²) in [6, 6.07) is 4.13. The van der Waals surface area contributed by atoms with E-state index in [0.29, 0.717) is 18.6 Å². The van der Waals surface area contributed by atoms with E-state index in [0.717, 1.165) is 0 Å². The number of hydrogen-bond donors (Lipinski definition) is 1. The average Bonchev–Trinajstić information content (AvgIpc) is 2.24. The van der Waals surface area contributed by atoms with Gasteiger partial charge in [-0.1, -0.05) is 13.0 Å². The minimum absolute atomic E-state index is 0.0912. The molecule has 0 saturated heterocycles. The molecule has 0 fully saturated rings. The van der Waals surface area contributed by atoms with Gasteiger partial charge >= 0.3 is 5.97 Å². The highest BCUT2D eigenvalue weighted by Crippen LogP contribution is 2.15. The summed E-state index contributed by atoms with van der Waals surface area (Å²) in [5, 5.41) is 5.00. The Kier molecular flexibility index (Phi) is 4.25. The maximum absolute atomic E-state index is 11.6. The lowest BCUT2D eigenvalue weighted by Gasteiger charge is -2.07. The van der Waals surface area contributed by atoms with E-state index in [4.69, 9.17) is 9.88 Å². The van der Waals surface area contributed by atoms with E-state index in [-0.39, 0.29) is 10.5 Å². The molecule has 94 valence electrons. The Morgan fingerprint density at radius 2 is 2.06 bits per heavy atom. The first-order valence-corrected chi connectivity index (χ1v) is 6.71. The standard InChI is InChI=1S/C11H15NO4S/c1-3-6-16-11(13)10-7-9(17(12,14)15)5-4-8(10)2/h4-5,7H,3,6H2,1-2H3,(H2,12,14,15). The molecule has 6 heteroatoms. The van der Waals surface area contributed by atoms with Crippen molar-refractivity contribution in [3.63, 3.8) is 0 Å². The van der Waals surface area contributed by atoms with Crippen LogP contribution in [0.3, 0.4) is 0 Å². The van der Waals surface area contributed by atoms with Gasteiger partial charge in [-0.25, -0.2) is 18.4 Å². The fraction of sp³-hybridized carbons (Fsp3) is 0.364. The lowest BCUT2D eigenvalue weighted by molar-refractivity contribution is 0.0504. The maximum Gasteiger partial charge on any atom is 0.338 e. The number of ether oxygens (including phenoxy) is 1. The Bertz CT molecular complexity index is 522. The van der Waals surface area contributed by atoms with Crippen LogP contribution in [0.5, 0.6) is 0 Å². The Balaban J connectivity index is 3.11. The quantitative estimate of drug-likeness (QED) is 0.821. The van der Waals surface area contributed by atoms with Gasteiger partial charge in [0.2, 0.25) is 10.0 Å². The molecule has 0 aromatic heterocycles. The number of carbonyl (C=O) groups is 1. The van der Waals surface area contributed by atoms with Gasteiger partial charge < -0.3 is 4.74 Å². The molecule has 0 atom stereocenters. The minimum atomic E-state index is -3.80. The molecule has 0 unspecified atom stereocenters. The predicted octanol–water partition coefficient (Wildman–Crippen LogP) is 1.21. The molecular weight excluding hydrogens is 242 g/mol. The summed E-state index contributed by atoms with van der Waals surface area (Å²) < 4.78 is 27.3. The van der Waals surface area contributed by atoms with Crippen molar-refractivity contribution in [2.45, 2.75) is 25.2 Å². The molecule has 0 aliphatic rings. The average molecular weight is 257 g/mol. The number of esters is 1. The van der Waals surface area contributed by atoms with Gasteiger partial charge in [-0.15, -0.1) is 0 Å². The summed E-state index contributed by atoms with van der Waals surface area (Å²) in [5.74, 6) is -0.533. The smallest absolute Gasteiger partial charge is 0.338 e.